The van der Waals surface area contributed by atoms with Crippen molar-refractivity contribution in [1.82, 2.24) is 0 Å². The number of hydrogen-bond acceptors (Lipinski definition) is 1. The molecule has 0 unspecified atom stereocenters. The molecule has 0 aliphatic carbocycles. The van der Waals surface area contributed by atoms with Gasteiger partial charge in [0.1, 0.15) is 5.75 Å². The van der Waals surface area contributed by atoms with Gasteiger partial charge in [-0.05, 0) is 53.1 Å². The molecule has 1 aromatic carbocycles. The summed E-state index contributed by atoms with van der Waals surface area (Å²) in [4.78, 5) is 0. The molecule has 0 bridgehead atoms. The van der Waals surface area contributed by atoms with Crippen LogP contribution >= 0.6 is 22.6 Å². The summed E-state index contributed by atoms with van der Waals surface area (Å²) in [5.41, 5.74) is 1.33. The van der Waals surface area contributed by atoms with Crippen molar-refractivity contribution in [3.05, 3.63) is 27.3 Å². The van der Waals surface area contributed by atoms with E-state index in [9.17, 15) is 0 Å². The van der Waals surface area contributed by atoms with Crippen LogP contribution in [0.15, 0.2) is 18.2 Å². The molecule has 0 aliphatic heterocycles. The van der Waals surface area contributed by atoms with Gasteiger partial charge in [-0.15, -0.1) is 0 Å². The Labute approximate surface area is 100.0 Å². The van der Waals surface area contributed by atoms with Crippen molar-refractivity contribution >= 4 is 22.6 Å². The minimum Gasteiger partial charge on any atom is -0.493 e. The van der Waals surface area contributed by atoms with Crippen LogP contribution in [0.1, 0.15) is 32.3 Å². The van der Waals surface area contributed by atoms with Crippen LogP contribution in [0, 0.1) is 3.57 Å². The highest BCUT2D eigenvalue weighted by Gasteiger charge is 2.03. The molecule has 0 N–H and O–H groups in total. The predicted octanol–water partition coefficient (Wildman–Crippen LogP) is 4.03. The lowest BCUT2D eigenvalue weighted by Gasteiger charge is -2.10. The fourth-order valence-corrected chi connectivity index (χ4v) is 1.81. The van der Waals surface area contributed by atoms with E-state index in [4.69, 9.17) is 4.74 Å². The summed E-state index contributed by atoms with van der Waals surface area (Å²) in [6.07, 6.45) is 3.34. The summed E-state index contributed by atoms with van der Waals surface area (Å²) in [5, 5.41) is 0. The molecule has 1 rings (SSSR count). The second-order valence-corrected chi connectivity index (χ2v) is 4.60. The molecule has 2 heteroatoms. The highest BCUT2D eigenvalue weighted by molar-refractivity contribution is 14.1. The third kappa shape index (κ3) is 3.48. The highest BCUT2D eigenvalue weighted by atomic mass is 127. The first-order valence-electron chi connectivity index (χ1n) is 5.19. The van der Waals surface area contributed by atoms with Gasteiger partial charge in [0.25, 0.3) is 0 Å². The maximum absolute atomic E-state index is 5.71. The molecule has 0 saturated carbocycles. The van der Waals surface area contributed by atoms with Crippen LogP contribution in [-0.4, -0.2) is 6.61 Å². The number of benzene rings is 1. The summed E-state index contributed by atoms with van der Waals surface area (Å²) >= 11 is 2.32. The number of hydrogen-bond donors (Lipinski definition) is 0. The van der Waals surface area contributed by atoms with E-state index in [1.165, 1.54) is 15.6 Å². The predicted molar refractivity (Wildman–Crippen MR) is 68.9 cm³/mol. The molecule has 0 aliphatic rings. The summed E-state index contributed by atoms with van der Waals surface area (Å²) in [6.45, 7) is 5.14. The van der Waals surface area contributed by atoms with Gasteiger partial charge in [0, 0.05) is 3.57 Å². The van der Waals surface area contributed by atoms with Crippen LogP contribution in [0.5, 0.6) is 5.75 Å². The first kappa shape index (κ1) is 11.8. The van der Waals surface area contributed by atoms with E-state index in [0.717, 1.165) is 25.2 Å². The van der Waals surface area contributed by atoms with E-state index in [0.29, 0.717) is 0 Å². The zero-order valence-electron chi connectivity index (χ0n) is 8.85. The minimum atomic E-state index is 0.816. The molecule has 0 radical (unpaired) electrons. The fraction of sp³-hybridized carbons (Fsp3) is 0.500. The third-order valence-corrected chi connectivity index (χ3v) is 2.68. The van der Waals surface area contributed by atoms with Gasteiger partial charge in [-0.25, -0.2) is 0 Å². The zero-order valence-corrected chi connectivity index (χ0v) is 11.0. The van der Waals surface area contributed by atoms with Gasteiger partial charge in [0.2, 0.25) is 0 Å². The van der Waals surface area contributed by atoms with Gasteiger partial charge in [-0.1, -0.05) is 26.3 Å². The Morgan fingerprint density at radius 2 is 2.00 bits per heavy atom. The van der Waals surface area contributed by atoms with Gasteiger partial charge < -0.3 is 4.74 Å². The largest absolute Gasteiger partial charge is 0.493 e. The van der Waals surface area contributed by atoms with Crippen molar-refractivity contribution in [3.63, 3.8) is 0 Å². The van der Waals surface area contributed by atoms with Gasteiger partial charge >= 0.3 is 0 Å². The van der Waals surface area contributed by atoms with Crippen molar-refractivity contribution in [2.45, 2.75) is 33.1 Å². The monoisotopic (exact) mass is 304 g/mol. The molecule has 0 spiro atoms. The first-order valence-corrected chi connectivity index (χ1v) is 6.27. The van der Waals surface area contributed by atoms with Crippen LogP contribution in [-0.2, 0) is 6.42 Å². The van der Waals surface area contributed by atoms with Crippen molar-refractivity contribution in [2.24, 2.45) is 0 Å². The van der Waals surface area contributed by atoms with E-state index < -0.39 is 0 Å². The van der Waals surface area contributed by atoms with Crippen molar-refractivity contribution in [1.29, 1.82) is 0 Å². The lowest BCUT2D eigenvalue weighted by Crippen LogP contribution is -1.99. The molecule has 0 heterocycles. The van der Waals surface area contributed by atoms with Crippen LogP contribution in [0.4, 0.5) is 0 Å². The zero-order chi connectivity index (χ0) is 10.4. The summed E-state index contributed by atoms with van der Waals surface area (Å²) in [6, 6.07) is 6.45. The Morgan fingerprint density at radius 3 is 2.64 bits per heavy atom. The molecule has 0 saturated heterocycles. The van der Waals surface area contributed by atoms with Crippen molar-refractivity contribution in [2.75, 3.05) is 6.61 Å². The number of halogens is 1. The van der Waals surface area contributed by atoms with E-state index in [1.807, 2.05) is 0 Å². The van der Waals surface area contributed by atoms with Crippen LogP contribution < -0.4 is 4.74 Å². The van der Waals surface area contributed by atoms with Crippen LogP contribution in [0.2, 0.25) is 0 Å². The van der Waals surface area contributed by atoms with Crippen molar-refractivity contribution in [3.8, 4) is 5.75 Å². The molecule has 14 heavy (non-hydrogen) atoms. The van der Waals surface area contributed by atoms with Gasteiger partial charge in [-0.2, -0.15) is 0 Å². The normalized spacial score (nSPS) is 10.2. The second kappa shape index (κ2) is 6.27. The second-order valence-electron chi connectivity index (χ2n) is 3.35. The summed E-state index contributed by atoms with van der Waals surface area (Å²) in [5.74, 6) is 1.07. The maximum Gasteiger partial charge on any atom is 0.123 e. The van der Waals surface area contributed by atoms with E-state index in [2.05, 4.69) is 54.6 Å². The van der Waals surface area contributed by atoms with Gasteiger partial charge in [-0.3, -0.25) is 0 Å². The number of rotatable bonds is 5. The van der Waals surface area contributed by atoms with E-state index in [1.54, 1.807) is 0 Å². The topological polar surface area (TPSA) is 9.23 Å². The Bertz CT molecular complexity index is 284. The highest BCUT2D eigenvalue weighted by Crippen LogP contribution is 2.23. The Kier molecular flexibility index (Phi) is 5.30. The minimum absolute atomic E-state index is 0.816. The maximum atomic E-state index is 5.71. The average Bonchev–Trinajstić information content (AvgIpc) is 2.18. The fourth-order valence-electron chi connectivity index (χ4n) is 1.35. The number of aryl methyl sites for hydroxylation is 1. The third-order valence-electron chi connectivity index (χ3n) is 2.01. The average molecular weight is 304 g/mol. The molecule has 1 nitrogen and oxygen atoms in total. The van der Waals surface area contributed by atoms with Gasteiger partial charge in [0.15, 0.2) is 0 Å². The SMILES string of the molecule is CCCOc1cc(I)ccc1CCC. The molecule has 0 atom stereocenters. The summed E-state index contributed by atoms with van der Waals surface area (Å²) in [7, 11) is 0. The van der Waals surface area contributed by atoms with E-state index in [-0.39, 0.29) is 0 Å². The smallest absolute Gasteiger partial charge is 0.123 e. The molecule has 0 amide bonds. The molecule has 0 aromatic heterocycles. The van der Waals surface area contributed by atoms with Crippen molar-refractivity contribution < 1.29 is 4.74 Å². The Morgan fingerprint density at radius 1 is 1.21 bits per heavy atom. The number of ether oxygens (including phenoxy) is 1. The molecular formula is C12H17IO. The quantitative estimate of drug-likeness (QED) is 0.746. The molecular weight excluding hydrogens is 287 g/mol. The van der Waals surface area contributed by atoms with Crippen LogP contribution in [0.3, 0.4) is 0 Å². The Balaban J connectivity index is 2.79. The lowest BCUT2D eigenvalue weighted by molar-refractivity contribution is 0.314. The van der Waals surface area contributed by atoms with Crippen LogP contribution in [0.25, 0.3) is 0 Å². The molecule has 1 aromatic rings. The molecule has 0 fully saturated rings. The lowest BCUT2D eigenvalue weighted by atomic mass is 10.1. The summed E-state index contributed by atoms with van der Waals surface area (Å²) < 4.78 is 6.96. The molecule has 78 valence electrons. The Hall–Kier alpha value is -0.250. The standard InChI is InChI=1S/C12H17IO/c1-3-5-10-6-7-11(13)9-12(10)14-8-4-2/h6-7,9H,3-5,8H2,1-2H3. The van der Waals surface area contributed by atoms with E-state index >= 15 is 0 Å². The first-order chi connectivity index (χ1) is 6.77. The van der Waals surface area contributed by atoms with Gasteiger partial charge in [0.05, 0.1) is 6.61 Å².